The van der Waals surface area contributed by atoms with Crippen molar-refractivity contribution in [3.63, 3.8) is 0 Å². The fourth-order valence-electron chi connectivity index (χ4n) is 3.10. The molecule has 3 rings (SSSR count). The van der Waals surface area contributed by atoms with Crippen molar-refractivity contribution in [3.8, 4) is 17.2 Å². The summed E-state index contributed by atoms with van der Waals surface area (Å²) in [6.45, 7) is 0. The Morgan fingerprint density at radius 1 is 1.08 bits per heavy atom. The minimum atomic E-state index is 0.213. The largest absolute Gasteiger partial charge is 0.508 e. The molecule has 0 radical (unpaired) electrons. The Morgan fingerprint density at radius 3 is 2.44 bits per heavy atom. The molecule has 0 bridgehead atoms. The number of hydrogen-bond donors (Lipinski definition) is 2. The highest BCUT2D eigenvalue weighted by atomic mass is 16.5. The van der Waals surface area contributed by atoms with Crippen LogP contribution in [0.15, 0.2) is 42.5 Å². The van der Waals surface area contributed by atoms with E-state index < -0.39 is 0 Å². The van der Waals surface area contributed by atoms with E-state index in [2.05, 4.69) is 0 Å². The predicted octanol–water partition coefficient (Wildman–Crippen LogP) is 4.91. The third-order valence-corrected chi connectivity index (χ3v) is 4.46. The minimum absolute atomic E-state index is 0.213. The summed E-state index contributed by atoms with van der Waals surface area (Å²) in [6.07, 6.45) is 8.10. The van der Waals surface area contributed by atoms with Crippen LogP contribution in [0.3, 0.4) is 0 Å². The average molecular weight is 337 g/mol. The molecule has 0 aliphatic heterocycles. The molecule has 1 aliphatic carbocycles. The standard InChI is InChI=1S/C21H23NO3/c1-24-20-11-6-15(13-21(20)25-19-4-2-3-5-19)12-17(14-22)16-7-9-18(23)10-8-16/h6-14,19,22-23H,2-5H2,1H3/b17-12+,22-14?. The Hall–Kier alpha value is -2.75. The van der Waals surface area contributed by atoms with Crippen molar-refractivity contribution in [1.29, 1.82) is 5.41 Å². The molecular weight excluding hydrogens is 314 g/mol. The second kappa shape index (κ2) is 7.88. The van der Waals surface area contributed by atoms with E-state index in [4.69, 9.17) is 14.9 Å². The Labute approximate surface area is 148 Å². The smallest absolute Gasteiger partial charge is 0.162 e. The average Bonchev–Trinajstić information content (AvgIpc) is 3.14. The summed E-state index contributed by atoms with van der Waals surface area (Å²) in [4.78, 5) is 0. The molecule has 2 N–H and O–H groups in total. The molecule has 0 unspecified atom stereocenters. The van der Waals surface area contributed by atoms with Gasteiger partial charge in [-0.2, -0.15) is 0 Å². The van der Waals surface area contributed by atoms with Crippen LogP contribution in [0.1, 0.15) is 36.8 Å². The van der Waals surface area contributed by atoms with E-state index >= 15 is 0 Å². The van der Waals surface area contributed by atoms with E-state index in [9.17, 15) is 5.11 Å². The van der Waals surface area contributed by atoms with Gasteiger partial charge in [0.2, 0.25) is 0 Å². The molecule has 4 nitrogen and oxygen atoms in total. The van der Waals surface area contributed by atoms with Crippen molar-refractivity contribution >= 4 is 17.9 Å². The number of aromatic hydroxyl groups is 1. The van der Waals surface area contributed by atoms with Gasteiger partial charge in [-0.3, -0.25) is 0 Å². The Bertz CT molecular complexity index is 759. The lowest BCUT2D eigenvalue weighted by molar-refractivity contribution is 0.201. The van der Waals surface area contributed by atoms with Crippen molar-refractivity contribution in [2.45, 2.75) is 31.8 Å². The number of nitrogens with one attached hydrogen (secondary N) is 1. The summed E-state index contributed by atoms with van der Waals surface area (Å²) < 4.78 is 11.6. The van der Waals surface area contributed by atoms with E-state index in [0.29, 0.717) is 0 Å². The molecule has 25 heavy (non-hydrogen) atoms. The molecule has 130 valence electrons. The van der Waals surface area contributed by atoms with Gasteiger partial charge in [-0.25, -0.2) is 0 Å². The van der Waals surface area contributed by atoms with Crippen LogP contribution >= 0.6 is 0 Å². The third-order valence-electron chi connectivity index (χ3n) is 4.46. The number of ether oxygens (including phenoxy) is 2. The van der Waals surface area contributed by atoms with Crippen molar-refractivity contribution in [3.05, 3.63) is 53.6 Å². The van der Waals surface area contributed by atoms with Crippen LogP contribution in [0.25, 0.3) is 11.6 Å². The monoisotopic (exact) mass is 337 g/mol. The number of allylic oxidation sites excluding steroid dienone is 1. The Balaban J connectivity index is 1.89. The topological polar surface area (TPSA) is 62.5 Å². The first-order valence-electron chi connectivity index (χ1n) is 8.56. The SMILES string of the molecule is COc1ccc(/C=C(\C=N)c2ccc(O)cc2)cc1OC1CCCC1. The van der Waals surface area contributed by atoms with E-state index in [-0.39, 0.29) is 11.9 Å². The second-order valence-electron chi connectivity index (χ2n) is 6.23. The van der Waals surface area contributed by atoms with Crippen LogP contribution in [0.5, 0.6) is 17.2 Å². The van der Waals surface area contributed by atoms with Gasteiger partial charge in [-0.1, -0.05) is 18.2 Å². The molecular formula is C21H23NO3. The summed E-state index contributed by atoms with van der Waals surface area (Å²) in [5, 5.41) is 17.1. The van der Waals surface area contributed by atoms with E-state index in [1.807, 2.05) is 24.3 Å². The minimum Gasteiger partial charge on any atom is -0.508 e. The van der Waals surface area contributed by atoms with Crippen molar-refractivity contribution in [2.75, 3.05) is 7.11 Å². The lowest BCUT2D eigenvalue weighted by atomic mass is 10.0. The first kappa shape index (κ1) is 17.1. The molecule has 0 heterocycles. The molecule has 1 aliphatic rings. The summed E-state index contributed by atoms with van der Waals surface area (Å²) in [6, 6.07) is 12.6. The molecule has 0 amide bonds. The van der Waals surface area contributed by atoms with Gasteiger partial charge in [0.25, 0.3) is 0 Å². The van der Waals surface area contributed by atoms with Gasteiger partial charge in [0.05, 0.1) is 13.2 Å². The zero-order chi connectivity index (χ0) is 17.6. The molecule has 1 fully saturated rings. The van der Waals surface area contributed by atoms with Crippen LogP contribution in [-0.4, -0.2) is 24.5 Å². The van der Waals surface area contributed by atoms with E-state index in [1.165, 1.54) is 19.1 Å². The first-order valence-corrected chi connectivity index (χ1v) is 8.56. The van der Waals surface area contributed by atoms with Crippen LogP contribution in [0, 0.1) is 5.41 Å². The van der Waals surface area contributed by atoms with Crippen LogP contribution < -0.4 is 9.47 Å². The summed E-state index contributed by atoms with van der Waals surface area (Å²) in [5.41, 5.74) is 2.58. The van der Waals surface area contributed by atoms with Gasteiger partial charge < -0.3 is 20.0 Å². The van der Waals surface area contributed by atoms with Gasteiger partial charge >= 0.3 is 0 Å². The molecule has 0 spiro atoms. The maximum Gasteiger partial charge on any atom is 0.162 e. The number of methoxy groups -OCH3 is 1. The molecule has 4 heteroatoms. The van der Waals surface area contributed by atoms with Gasteiger partial charge in [0.15, 0.2) is 11.5 Å². The molecule has 2 aromatic rings. The van der Waals surface area contributed by atoms with Crippen molar-refractivity contribution in [2.24, 2.45) is 0 Å². The Kier molecular flexibility index (Phi) is 5.39. The maximum atomic E-state index is 9.42. The lowest BCUT2D eigenvalue weighted by Gasteiger charge is -2.16. The van der Waals surface area contributed by atoms with E-state index in [0.717, 1.165) is 41.0 Å². The fourth-order valence-corrected chi connectivity index (χ4v) is 3.10. The highest BCUT2D eigenvalue weighted by Crippen LogP contribution is 2.33. The molecule has 1 saturated carbocycles. The predicted molar refractivity (Wildman–Crippen MR) is 101 cm³/mol. The Morgan fingerprint density at radius 2 is 1.80 bits per heavy atom. The molecule has 2 aromatic carbocycles. The van der Waals surface area contributed by atoms with Crippen LogP contribution in [-0.2, 0) is 0 Å². The number of phenolic OH excluding ortho intramolecular Hbond substituents is 1. The fraction of sp³-hybridized carbons (Fsp3) is 0.286. The number of benzene rings is 2. The van der Waals surface area contributed by atoms with Gasteiger partial charge in [0.1, 0.15) is 5.75 Å². The summed E-state index contributed by atoms with van der Waals surface area (Å²) in [5.74, 6) is 1.69. The summed E-state index contributed by atoms with van der Waals surface area (Å²) >= 11 is 0. The molecule has 0 aromatic heterocycles. The number of rotatable bonds is 6. The molecule has 0 atom stereocenters. The first-order chi connectivity index (χ1) is 12.2. The van der Waals surface area contributed by atoms with Crippen LogP contribution in [0.2, 0.25) is 0 Å². The highest BCUT2D eigenvalue weighted by Gasteiger charge is 2.18. The van der Waals surface area contributed by atoms with Crippen molar-refractivity contribution in [1.82, 2.24) is 0 Å². The van der Waals surface area contributed by atoms with E-state index in [1.54, 1.807) is 31.4 Å². The van der Waals surface area contributed by atoms with Gasteiger partial charge in [0, 0.05) is 6.21 Å². The zero-order valence-corrected chi connectivity index (χ0v) is 14.4. The second-order valence-corrected chi connectivity index (χ2v) is 6.23. The number of hydrogen-bond acceptors (Lipinski definition) is 4. The van der Waals surface area contributed by atoms with Crippen molar-refractivity contribution < 1.29 is 14.6 Å². The molecule has 0 saturated heterocycles. The van der Waals surface area contributed by atoms with Crippen LogP contribution in [0.4, 0.5) is 0 Å². The normalized spacial score (nSPS) is 15.2. The maximum absolute atomic E-state index is 9.42. The van der Waals surface area contributed by atoms with Gasteiger partial charge in [-0.15, -0.1) is 0 Å². The summed E-state index contributed by atoms with van der Waals surface area (Å²) in [7, 11) is 1.64. The zero-order valence-electron chi connectivity index (χ0n) is 14.4. The van der Waals surface area contributed by atoms with Gasteiger partial charge in [-0.05, 0) is 72.7 Å². The quantitative estimate of drug-likeness (QED) is 0.581. The highest BCUT2D eigenvalue weighted by molar-refractivity contribution is 6.14. The third kappa shape index (κ3) is 4.21. The lowest BCUT2D eigenvalue weighted by Crippen LogP contribution is -2.11. The number of phenols is 1.